The summed E-state index contributed by atoms with van der Waals surface area (Å²) in [6.07, 6.45) is 0.470. The average molecular weight is 256 g/mol. The molecule has 4 heteroatoms. The standard InChI is InChI=1S/C13H15ClFNO/c1-8-9(2)16(6-5-13(8)17)12-7-10(14)3-4-11(12)15/h3-4,7-9H,5-6H2,1-2H3. The number of carbonyl (C=O) groups excluding carboxylic acids is 1. The summed E-state index contributed by atoms with van der Waals surface area (Å²) in [6, 6.07) is 4.52. The summed E-state index contributed by atoms with van der Waals surface area (Å²) >= 11 is 5.89. The summed E-state index contributed by atoms with van der Waals surface area (Å²) < 4.78 is 13.8. The molecule has 1 aliphatic rings. The van der Waals surface area contributed by atoms with Crippen LogP contribution in [-0.4, -0.2) is 18.4 Å². The lowest BCUT2D eigenvalue weighted by atomic mass is 9.90. The Morgan fingerprint density at radius 3 is 2.82 bits per heavy atom. The lowest BCUT2D eigenvalue weighted by Crippen LogP contribution is -2.47. The molecule has 17 heavy (non-hydrogen) atoms. The smallest absolute Gasteiger partial charge is 0.146 e. The Kier molecular flexibility index (Phi) is 3.38. The minimum Gasteiger partial charge on any atom is -0.365 e. The van der Waals surface area contributed by atoms with E-state index < -0.39 is 0 Å². The van der Waals surface area contributed by atoms with Gasteiger partial charge in [-0.25, -0.2) is 4.39 Å². The Morgan fingerprint density at radius 1 is 1.41 bits per heavy atom. The van der Waals surface area contributed by atoms with E-state index in [1.165, 1.54) is 12.1 Å². The number of hydrogen-bond donors (Lipinski definition) is 0. The molecule has 2 rings (SSSR count). The molecule has 1 aliphatic heterocycles. The second-order valence-corrected chi connectivity index (χ2v) is 4.97. The first kappa shape index (κ1) is 12.4. The van der Waals surface area contributed by atoms with Crippen LogP contribution in [0.2, 0.25) is 5.02 Å². The fourth-order valence-electron chi connectivity index (χ4n) is 2.25. The maximum atomic E-state index is 13.8. The molecule has 0 aromatic heterocycles. The molecule has 0 aliphatic carbocycles. The number of hydrogen-bond acceptors (Lipinski definition) is 2. The molecular weight excluding hydrogens is 241 g/mol. The van der Waals surface area contributed by atoms with Gasteiger partial charge in [-0.2, -0.15) is 0 Å². The average Bonchev–Trinajstić information content (AvgIpc) is 2.30. The van der Waals surface area contributed by atoms with Crippen molar-refractivity contribution in [3.8, 4) is 0 Å². The van der Waals surface area contributed by atoms with Crippen molar-refractivity contribution in [3.63, 3.8) is 0 Å². The van der Waals surface area contributed by atoms with Crippen LogP contribution in [0.1, 0.15) is 20.3 Å². The molecule has 1 aromatic rings. The molecule has 2 atom stereocenters. The molecule has 0 N–H and O–H groups in total. The number of rotatable bonds is 1. The number of halogens is 2. The summed E-state index contributed by atoms with van der Waals surface area (Å²) in [5.74, 6) is -0.110. The van der Waals surface area contributed by atoms with Gasteiger partial charge < -0.3 is 4.90 Å². The molecule has 1 saturated heterocycles. The number of nitrogens with zero attached hydrogens (tertiary/aromatic N) is 1. The lowest BCUT2D eigenvalue weighted by molar-refractivity contribution is -0.123. The Morgan fingerprint density at radius 2 is 2.12 bits per heavy atom. The van der Waals surface area contributed by atoms with Crippen LogP contribution in [0, 0.1) is 11.7 Å². The molecule has 0 spiro atoms. The van der Waals surface area contributed by atoms with Crippen molar-refractivity contribution in [2.75, 3.05) is 11.4 Å². The van der Waals surface area contributed by atoms with Crippen molar-refractivity contribution >= 4 is 23.1 Å². The molecule has 1 heterocycles. The van der Waals surface area contributed by atoms with Gasteiger partial charge in [-0.1, -0.05) is 18.5 Å². The number of benzene rings is 1. The van der Waals surface area contributed by atoms with Crippen molar-refractivity contribution < 1.29 is 9.18 Å². The topological polar surface area (TPSA) is 20.3 Å². The first-order valence-corrected chi connectivity index (χ1v) is 6.13. The molecular formula is C13H15ClFNO. The van der Waals surface area contributed by atoms with Gasteiger partial charge >= 0.3 is 0 Å². The van der Waals surface area contributed by atoms with Gasteiger partial charge in [0.15, 0.2) is 0 Å². The van der Waals surface area contributed by atoms with E-state index in [2.05, 4.69) is 0 Å². The maximum absolute atomic E-state index is 13.8. The van der Waals surface area contributed by atoms with Gasteiger partial charge in [0.1, 0.15) is 11.6 Å². The minimum atomic E-state index is -0.289. The monoisotopic (exact) mass is 255 g/mol. The van der Waals surface area contributed by atoms with Gasteiger partial charge in [-0.3, -0.25) is 4.79 Å². The molecule has 0 radical (unpaired) electrons. The quantitative estimate of drug-likeness (QED) is 0.768. The fourth-order valence-corrected chi connectivity index (χ4v) is 2.41. The van der Waals surface area contributed by atoms with Crippen LogP contribution < -0.4 is 4.90 Å². The van der Waals surface area contributed by atoms with Crippen LogP contribution in [0.25, 0.3) is 0 Å². The van der Waals surface area contributed by atoms with Crippen LogP contribution in [0.4, 0.5) is 10.1 Å². The zero-order valence-electron chi connectivity index (χ0n) is 9.91. The van der Waals surface area contributed by atoms with E-state index in [4.69, 9.17) is 11.6 Å². The second-order valence-electron chi connectivity index (χ2n) is 4.53. The third kappa shape index (κ3) is 2.29. The number of carbonyl (C=O) groups is 1. The second kappa shape index (κ2) is 4.65. The summed E-state index contributed by atoms with van der Waals surface area (Å²) in [6.45, 7) is 4.39. The highest BCUT2D eigenvalue weighted by atomic mass is 35.5. The molecule has 1 fully saturated rings. The molecule has 0 amide bonds. The van der Waals surface area contributed by atoms with Crippen molar-refractivity contribution in [1.29, 1.82) is 0 Å². The van der Waals surface area contributed by atoms with Crippen molar-refractivity contribution in [3.05, 3.63) is 29.0 Å². The normalized spacial score (nSPS) is 25.2. The van der Waals surface area contributed by atoms with Crippen LogP contribution in [0.3, 0.4) is 0 Å². The summed E-state index contributed by atoms with van der Waals surface area (Å²) in [5, 5.41) is 0.512. The number of Topliss-reactive ketones (excluding diaryl/α,β-unsaturated/α-hetero) is 1. The van der Waals surface area contributed by atoms with Gasteiger partial charge in [-0.15, -0.1) is 0 Å². The van der Waals surface area contributed by atoms with E-state index in [-0.39, 0.29) is 23.6 Å². The third-order valence-electron chi connectivity index (χ3n) is 3.54. The van der Waals surface area contributed by atoms with Gasteiger partial charge in [0, 0.05) is 29.9 Å². The predicted octanol–water partition coefficient (Wildman–Crippen LogP) is 3.28. The highest BCUT2D eigenvalue weighted by Gasteiger charge is 2.32. The van der Waals surface area contributed by atoms with Crippen molar-refractivity contribution in [2.45, 2.75) is 26.3 Å². The molecule has 2 nitrogen and oxygen atoms in total. The molecule has 0 saturated carbocycles. The van der Waals surface area contributed by atoms with Crippen molar-refractivity contribution in [1.82, 2.24) is 0 Å². The largest absolute Gasteiger partial charge is 0.365 e. The van der Waals surface area contributed by atoms with Gasteiger partial charge in [0.25, 0.3) is 0 Å². The third-order valence-corrected chi connectivity index (χ3v) is 3.77. The van der Waals surface area contributed by atoms with Crippen molar-refractivity contribution in [2.24, 2.45) is 5.92 Å². The van der Waals surface area contributed by atoms with E-state index in [1.54, 1.807) is 6.07 Å². The van der Waals surface area contributed by atoms with Gasteiger partial charge in [0.05, 0.1) is 5.69 Å². The summed E-state index contributed by atoms with van der Waals surface area (Å²) in [4.78, 5) is 13.5. The summed E-state index contributed by atoms with van der Waals surface area (Å²) in [5.41, 5.74) is 0.490. The van der Waals surface area contributed by atoms with E-state index in [9.17, 15) is 9.18 Å². The Labute approximate surface area is 105 Å². The first-order chi connectivity index (χ1) is 8.00. The predicted molar refractivity (Wildman–Crippen MR) is 67.0 cm³/mol. The Bertz CT molecular complexity index is 449. The first-order valence-electron chi connectivity index (χ1n) is 5.75. The molecule has 0 bridgehead atoms. The van der Waals surface area contributed by atoms with E-state index in [0.29, 0.717) is 23.7 Å². The Hall–Kier alpha value is -1.09. The number of piperidine rings is 1. The van der Waals surface area contributed by atoms with Gasteiger partial charge in [0.2, 0.25) is 0 Å². The molecule has 1 aromatic carbocycles. The molecule has 2 unspecified atom stereocenters. The van der Waals surface area contributed by atoms with E-state index in [1.807, 2.05) is 18.7 Å². The zero-order valence-corrected chi connectivity index (χ0v) is 10.7. The maximum Gasteiger partial charge on any atom is 0.146 e. The Balaban J connectivity index is 2.33. The van der Waals surface area contributed by atoms with Crippen LogP contribution in [0.5, 0.6) is 0 Å². The van der Waals surface area contributed by atoms with Crippen LogP contribution in [0.15, 0.2) is 18.2 Å². The lowest BCUT2D eigenvalue weighted by Gasteiger charge is -2.38. The fraction of sp³-hybridized carbons (Fsp3) is 0.462. The van der Waals surface area contributed by atoms with Crippen LogP contribution >= 0.6 is 11.6 Å². The van der Waals surface area contributed by atoms with E-state index in [0.717, 1.165) is 0 Å². The molecule has 92 valence electrons. The highest BCUT2D eigenvalue weighted by molar-refractivity contribution is 6.30. The zero-order chi connectivity index (χ0) is 12.6. The van der Waals surface area contributed by atoms with Crippen LogP contribution in [-0.2, 0) is 4.79 Å². The minimum absolute atomic E-state index is 0.00390. The van der Waals surface area contributed by atoms with E-state index >= 15 is 0 Å². The number of anilines is 1. The SMILES string of the molecule is CC1C(=O)CCN(c2cc(Cl)ccc2F)C1C. The summed E-state index contributed by atoms with van der Waals surface area (Å²) in [7, 11) is 0. The van der Waals surface area contributed by atoms with Gasteiger partial charge in [-0.05, 0) is 25.1 Å². The highest BCUT2D eigenvalue weighted by Crippen LogP contribution is 2.30. The number of ketones is 1.